The molecule has 1 unspecified atom stereocenters. The van der Waals surface area contributed by atoms with Crippen LogP contribution in [0.25, 0.3) is 27.7 Å². The second-order valence-corrected chi connectivity index (χ2v) is 9.09. The lowest BCUT2D eigenvalue weighted by Gasteiger charge is -2.21. The molecule has 0 fully saturated rings. The van der Waals surface area contributed by atoms with Crippen molar-refractivity contribution in [3.05, 3.63) is 95.2 Å². The first-order chi connectivity index (χ1) is 18.0. The van der Waals surface area contributed by atoms with Crippen molar-refractivity contribution in [3.8, 4) is 11.1 Å². The highest BCUT2D eigenvalue weighted by molar-refractivity contribution is 6.36. The third-order valence-electron chi connectivity index (χ3n) is 6.31. The van der Waals surface area contributed by atoms with Crippen molar-refractivity contribution in [2.75, 3.05) is 5.73 Å². The number of hydrogen-bond acceptors (Lipinski definition) is 6. The molecule has 0 aliphatic rings. The number of anilines is 1. The zero-order chi connectivity index (χ0) is 25.5. The van der Waals surface area contributed by atoms with Crippen LogP contribution in [0, 0.1) is 0 Å². The van der Waals surface area contributed by atoms with E-state index >= 15 is 0 Å². The quantitative estimate of drug-likeness (QED) is 0.306. The van der Waals surface area contributed by atoms with Gasteiger partial charge < -0.3 is 11.1 Å². The molecular weight excluding hydrogens is 490 g/mol. The van der Waals surface area contributed by atoms with Crippen LogP contribution in [0.4, 0.5) is 5.82 Å². The molecule has 1 atom stereocenters. The Labute approximate surface area is 216 Å². The second-order valence-electron chi connectivity index (χ2n) is 8.68. The van der Waals surface area contributed by atoms with Crippen LogP contribution in [-0.4, -0.2) is 40.5 Å². The highest BCUT2D eigenvalue weighted by atomic mass is 35.5. The topological polar surface area (TPSA) is 132 Å². The maximum Gasteiger partial charge on any atom is 0.259 e. The summed E-state index contributed by atoms with van der Waals surface area (Å²) in [5.74, 6) is -0.266. The van der Waals surface area contributed by atoms with Gasteiger partial charge in [-0.05, 0) is 36.2 Å². The van der Waals surface area contributed by atoms with Crippen molar-refractivity contribution in [2.24, 2.45) is 0 Å². The molecule has 184 valence electrons. The summed E-state index contributed by atoms with van der Waals surface area (Å²) >= 11 is 6.77. The number of hydrogen-bond donors (Lipinski definition) is 3. The summed E-state index contributed by atoms with van der Waals surface area (Å²) in [4.78, 5) is 17.7. The molecule has 4 aromatic heterocycles. The molecule has 11 heteroatoms. The van der Waals surface area contributed by atoms with E-state index in [9.17, 15) is 4.79 Å². The lowest BCUT2D eigenvalue weighted by atomic mass is 9.93. The van der Waals surface area contributed by atoms with Gasteiger partial charge in [-0.15, -0.1) is 5.10 Å². The second kappa shape index (κ2) is 9.07. The summed E-state index contributed by atoms with van der Waals surface area (Å²) in [5, 5.41) is 20.3. The van der Waals surface area contributed by atoms with Crippen LogP contribution in [-0.2, 0) is 6.54 Å². The van der Waals surface area contributed by atoms with Gasteiger partial charge in [-0.1, -0.05) is 41.9 Å². The molecule has 1 amide bonds. The number of rotatable bonds is 6. The minimum atomic E-state index is -0.432. The number of carbonyl (C=O) groups is 1. The minimum Gasteiger partial charge on any atom is -0.381 e. The molecule has 37 heavy (non-hydrogen) atoms. The van der Waals surface area contributed by atoms with Crippen molar-refractivity contribution < 1.29 is 4.79 Å². The number of halogens is 1. The van der Waals surface area contributed by atoms with Crippen LogP contribution in [0.3, 0.4) is 0 Å². The van der Waals surface area contributed by atoms with E-state index in [-0.39, 0.29) is 17.3 Å². The number of fused-ring (bicyclic) bond motifs is 2. The molecule has 2 aromatic carbocycles. The Morgan fingerprint density at radius 2 is 2.03 bits per heavy atom. The number of amides is 1. The monoisotopic (exact) mass is 511 g/mol. The fraction of sp³-hybridized carbons (Fsp3) is 0.115. The largest absolute Gasteiger partial charge is 0.381 e. The summed E-state index contributed by atoms with van der Waals surface area (Å²) in [7, 11) is 0. The number of aromatic nitrogens is 7. The molecule has 4 N–H and O–H groups in total. The summed E-state index contributed by atoms with van der Waals surface area (Å²) in [6.45, 7) is 2.39. The van der Waals surface area contributed by atoms with Crippen molar-refractivity contribution in [2.45, 2.75) is 19.5 Å². The Balaban J connectivity index is 1.48. The first kappa shape index (κ1) is 22.7. The molecule has 4 heterocycles. The zero-order valence-electron chi connectivity index (χ0n) is 19.8. The van der Waals surface area contributed by atoms with E-state index in [1.54, 1.807) is 30.9 Å². The number of carbonyl (C=O) groups excluding carboxylic acids is 1. The average Bonchev–Trinajstić information content (AvgIpc) is 3.63. The SMILES string of the molecule is CC(NC(=O)c1c(N)nn2cccnc12)c1cc(Cl)c2cnn(Cc3ccn[nH]3)c2c1-c1ccccc1. The van der Waals surface area contributed by atoms with E-state index < -0.39 is 6.04 Å². The van der Waals surface area contributed by atoms with Gasteiger partial charge >= 0.3 is 0 Å². The molecule has 10 nitrogen and oxygen atoms in total. The number of nitrogens with one attached hydrogen (secondary N) is 2. The van der Waals surface area contributed by atoms with Gasteiger partial charge in [0.1, 0.15) is 5.56 Å². The van der Waals surface area contributed by atoms with E-state index in [1.165, 1.54) is 4.52 Å². The zero-order valence-corrected chi connectivity index (χ0v) is 20.5. The highest BCUT2D eigenvalue weighted by Crippen LogP contribution is 2.39. The average molecular weight is 512 g/mol. The molecule has 6 aromatic rings. The van der Waals surface area contributed by atoms with Crippen molar-refractivity contribution in [3.63, 3.8) is 0 Å². The van der Waals surface area contributed by atoms with Crippen LogP contribution >= 0.6 is 11.6 Å². The summed E-state index contributed by atoms with van der Waals surface area (Å²) in [6.07, 6.45) is 6.76. The number of aromatic amines is 1. The van der Waals surface area contributed by atoms with E-state index in [0.29, 0.717) is 17.2 Å². The molecule has 0 spiro atoms. The van der Waals surface area contributed by atoms with Gasteiger partial charge in [-0.25, -0.2) is 9.50 Å². The Hall–Kier alpha value is -4.70. The van der Waals surface area contributed by atoms with Crippen LogP contribution in [0.2, 0.25) is 5.02 Å². The van der Waals surface area contributed by atoms with E-state index in [4.69, 9.17) is 17.3 Å². The van der Waals surface area contributed by atoms with Gasteiger partial charge in [0.25, 0.3) is 5.91 Å². The summed E-state index contributed by atoms with van der Waals surface area (Å²) in [6, 6.07) is 15.0. The molecule has 0 saturated carbocycles. The smallest absolute Gasteiger partial charge is 0.259 e. The molecule has 6 rings (SSSR count). The van der Waals surface area contributed by atoms with Gasteiger partial charge in [0.15, 0.2) is 11.5 Å². The van der Waals surface area contributed by atoms with Crippen LogP contribution in [0.5, 0.6) is 0 Å². The maximum atomic E-state index is 13.4. The van der Waals surface area contributed by atoms with Gasteiger partial charge in [-0.3, -0.25) is 14.6 Å². The maximum absolute atomic E-state index is 13.4. The predicted molar refractivity (Wildman–Crippen MR) is 141 cm³/mol. The van der Waals surface area contributed by atoms with Gasteiger partial charge in [0.05, 0.1) is 35.0 Å². The molecular formula is C26H22ClN9O. The van der Waals surface area contributed by atoms with Gasteiger partial charge in [0, 0.05) is 29.5 Å². The number of H-pyrrole nitrogens is 1. The van der Waals surface area contributed by atoms with E-state index in [0.717, 1.165) is 33.3 Å². The Morgan fingerprint density at radius 1 is 1.19 bits per heavy atom. The standard InChI is InChI=1S/C26H22ClN9O/c1-15(32-26(37)22-24(28)34-35-11-5-9-29-25(22)35)18-12-20(27)19-13-31-36(14-17-8-10-30-33-17)23(19)21(18)16-6-3-2-4-7-16/h2-13,15H,14H2,1H3,(H2,28,34)(H,30,33)(H,32,37). The Kier molecular flexibility index (Phi) is 5.57. The molecule has 0 bridgehead atoms. The van der Waals surface area contributed by atoms with Gasteiger partial charge in [0.2, 0.25) is 0 Å². The van der Waals surface area contributed by atoms with Crippen molar-refractivity contribution >= 4 is 39.9 Å². The number of nitrogen functional groups attached to an aromatic ring is 1. The molecule has 0 saturated heterocycles. The van der Waals surface area contributed by atoms with E-state index in [1.807, 2.05) is 54.1 Å². The highest BCUT2D eigenvalue weighted by Gasteiger charge is 2.25. The third kappa shape index (κ3) is 3.97. The molecule has 0 aliphatic heterocycles. The lowest BCUT2D eigenvalue weighted by Crippen LogP contribution is -2.28. The van der Waals surface area contributed by atoms with Crippen LogP contribution in [0.1, 0.15) is 34.6 Å². The Bertz CT molecular complexity index is 1740. The van der Waals surface area contributed by atoms with Gasteiger partial charge in [-0.2, -0.15) is 10.2 Å². The number of nitrogens with zero attached hydrogens (tertiary/aromatic N) is 6. The van der Waals surface area contributed by atoms with Crippen molar-refractivity contribution in [1.82, 2.24) is 39.9 Å². The predicted octanol–water partition coefficient (Wildman–Crippen LogP) is 4.24. The first-order valence-corrected chi connectivity index (χ1v) is 12.0. The number of benzene rings is 2. The number of nitrogens with two attached hydrogens (primary N) is 1. The summed E-state index contributed by atoms with van der Waals surface area (Å²) in [5.41, 5.74) is 11.2. The third-order valence-corrected chi connectivity index (χ3v) is 6.62. The first-order valence-electron chi connectivity index (χ1n) is 11.6. The van der Waals surface area contributed by atoms with Crippen LogP contribution < -0.4 is 11.1 Å². The Morgan fingerprint density at radius 3 is 2.81 bits per heavy atom. The molecule has 0 aliphatic carbocycles. The lowest BCUT2D eigenvalue weighted by molar-refractivity contribution is 0.0942. The minimum absolute atomic E-state index is 0.109. The van der Waals surface area contributed by atoms with Crippen LogP contribution in [0.15, 0.2) is 73.3 Å². The fourth-order valence-electron chi connectivity index (χ4n) is 4.62. The molecule has 0 radical (unpaired) electrons. The van der Waals surface area contributed by atoms with Crippen molar-refractivity contribution in [1.29, 1.82) is 0 Å². The van der Waals surface area contributed by atoms with E-state index in [2.05, 4.69) is 30.7 Å². The summed E-state index contributed by atoms with van der Waals surface area (Å²) < 4.78 is 3.38. The fourth-order valence-corrected chi connectivity index (χ4v) is 4.87. The normalized spacial score (nSPS) is 12.3.